The first kappa shape index (κ1) is 29.9. The summed E-state index contributed by atoms with van der Waals surface area (Å²) in [5.74, 6) is 0.963. The molecule has 2 atom stereocenters. The largest absolute Gasteiger partial charge is 0.481 e. The average molecular weight is 539 g/mol. The van der Waals surface area contributed by atoms with Gasteiger partial charge in [0.25, 0.3) is 0 Å². The molecule has 9 nitrogen and oxygen atoms in total. The highest BCUT2D eigenvalue weighted by Crippen LogP contribution is 2.37. The second-order valence-electron chi connectivity index (χ2n) is 9.58. The summed E-state index contributed by atoms with van der Waals surface area (Å²) in [6.45, 7) is 8.28. The summed E-state index contributed by atoms with van der Waals surface area (Å²) >= 11 is 0. The minimum Gasteiger partial charge on any atom is -0.481 e. The minimum atomic E-state index is -0.660. The first-order valence-electron chi connectivity index (χ1n) is 13.0. The van der Waals surface area contributed by atoms with Gasteiger partial charge in [-0.05, 0) is 56.5 Å². The van der Waals surface area contributed by atoms with Gasteiger partial charge in [-0.2, -0.15) is 0 Å². The number of nitrogens with zero attached hydrogens (tertiary/aromatic N) is 3. The molecule has 2 aromatic rings. The van der Waals surface area contributed by atoms with Gasteiger partial charge >= 0.3 is 0 Å². The van der Waals surface area contributed by atoms with Crippen molar-refractivity contribution >= 4 is 11.5 Å². The number of halogens is 1. The molecule has 0 radical (unpaired) electrons. The number of benzene rings is 1. The van der Waals surface area contributed by atoms with E-state index in [1.165, 1.54) is 19.2 Å². The molecule has 3 rings (SSSR count). The van der Waals surface area contributed by atoms with Gasteiger partial charge < -0.3 is 21.3 Å². The maximum atomic E-state index is 14.5. The lowest BCUT2D eigenvalue weighted by Crippen LogP contribution is -2.35. The van der Waals surface area contributed by atoms with Crippen LogP contribution in [0.15, 0.2) is 68.9 Å². The summed E-state index contributed by atoms with van der Waals surface area (Å²) in [4.78, 5) is 20.0. The maximum Gasteiger partial charge on any atom is 0.213 e. The van der Waals surface area contributed by atoms with E-state index >= 15 is 0 Å². The van der Waals surface area contributed by atoms with E-state index in [9.17, 15) is 9.50 Å². The third-order valence-electron chi connectivity index (χ3n) is 6.50. The summed E-state index contributed by atoms with van der Waals surface area (Å²) in [6, 6.07) is 9.49. The highest BCUT2D eigenvalue weighted by atomic mass is 19.1. The number of hydroxylamine groups is 1. The number of rotatable bonds is 10. The Kier molecular flexibility index (Phi) is 10.7. The molecule has 10 heteroatoms. The van der Waals surface area contributed by atoms with Crippen molar-refractivity contribution in [2.24, 2.45) is 21.5 Å². The van der Waals surface area contributed by atoms with Crippen LogP contribution in [0.1, 0.15) is 58.6 Å². The second-order valence-corrected chi connectivity index (χ2v) is 9.58. The fourth-order valence-corrected chi connectivity index (χ4v) is 4.15. The Balaban J connectivity index is 2.13. The highest BCUT2D eigenvalue weighted by Gasteiger charge is 2.30. The lowest BCUT2D eigenvalue weighted by molar-refractivity contribution is 0.0522. The van der Waals surface area contributed by atoms with Crippen LogP contribution in [0.25, 0.3) is 11.3 Å². The molecule has 0 spiro atoms. The number of aromatic nitrogens is 1. The lowest BCUT2D eigenvalue weighted by atomic mass is 9.88. The second kappa shape index (κ2) is 14.0. The van der Waals surface area contributed by atoms with Crippen molar-refractivity contribution in [3.8, 4) is 17.1 Å². The lowest BCUT2D eigenvalue weighted by Gasteiger charge is -2.28. The predicted molar refractivity (Wildman–Crippen MR) is 153 cm³/mol. The molecule has 0 fully saturated rings. The van der Waals surface area contributed by atoms with E-state index in [2.05, 4.69) is 10.5 Å². The van der Waals surface area contributed by atoms with Crippen LogP contribution in [0.3, 0.4) is 0 Å². The molecular weight excluding hydrogens is 499 g/mol. The highest BCUT2D eigenvalue weighted by molar-refractivity contribution is 6.25. The molecule has 1 aromatic carbocycles. The summed E-state index contributed by atoms with van der Waals surface area (Å²) < 4.78 is 19.8. The molecular formula is C29H39FN6O3. The van der Waals surface area contributed by atoms with E-state index in [4.69, 9.17) is 31.0 Å². The van der Waals surface area contributed by atoms with E-state index in [0.717, 1.165) is 34.4 Å². The van der Waals surface area contributed by atoms with E-state index in [1.807, 2.05) is 33.8 Å². The van der Waals surface area contributed by atoms with Gasteiger partial charge in [0.1, 0.15) is 11.6 Å². The molecule has 0 saturated carbocycles. The minimum absolute atomic E-state index is 0.149. The fraction of sp³-hybridized carbons (Fsp3) is 0.414. The zero-order valence-electron chi connectivity index (χ0n) is 23.3. The number of nitrogens with two attached hydrogens (primary N) is 2. The number of pyridine rings is 1. The van der Waals surface area contributed by atoms with Gasteiger partial charge in [0.2, 0.25) is 5.88 Å². The monoisotopic (exact) mass is 538 g/mol. The number of allylic oxidation sites excluding steroid dienone is 2. The molecule has 2 unspecified atom stereocenters. The first-order valence-corrected chi connectivity index (χ1v) is 13.0. The first-order chi connectivity index (χ1) is 18.7. The molecule has 2 heterocycles. The van der Waals surface area contributed by atoms with Crippen molar-refractivity contribution in [3.63, 3.8) is 0 Å². The van der Waals surface area contributed by atoms with Crippen molar-refractivity contribution in [1.82, 2.24) is 10.5 Å². The van der Waals surface area contributed by atoms with Crippen LogP contribution in [0, 0.1) is 5.82 Å². The molecule has 1 aliphatic heterocycles. The Morgan fingerprint density at radius 3 is 2.69 bits per heavy atom. The number of nitrogens with one attached hydrogen (secondary N) is 1. The fourth-order valence-electron chi connectivity index (χ4n) is 4.15. The summed E-state index contributed by atoms with van der Waals surface area (Å²) in [7, 11) is 1.54. The van der Waals surface area contributed by atoms with Crippen LogP contribution in [0.2, 0.25) is 0 Å². The zero-order chi connectivity index (χ0) is 28.5. The number of amidine groups is 1. The van der Waals surface area contributed by atoms with Crippen LogP contribution in [0.4, 0.5) is 4.39 Å². The Hall–Kier alpha value is -3.60. The Bertz CT molecular complexity index is 1280. The summed E-state index contributed by atoms with van der Waals surface area (Å²) in [6.07, 6.45) is 0.899. The van der Waals surface area contributed by atoms with E-state index in [0.29, 0.717) is 41.6 Å². The SMILES string of the molecule is CC/C(C)=C(N)/N=C1/CC(c2ccc(F)cc2-c2cccc(OC)n2)N=C(NOCCC(O)CN)C1=C(C)C. The molecule has 6 N–H and O–H groups in total. The van der Waals surface area contributed by atoms with Crippen molar-refractivity contribution in [3.05, 3.63) is 70.3 Å². The smallest absolute Gasteiger partial charge is 0.213 e. The van der Waals surface area contributed by atoms with Crippen molar-refractivity contribution in [2.75, 3.05) is 20.3 Å². The molecule has 39 heavy (non-hydrogen) atoms. The van der Waals surface area contributed by atoms with Crippen LogP contribution < -0.4 is 21.7 Å². The van der Waals surface area contributed by atoms with E-state index in [1.54, 1.807) is 18.2 Å². The average Bonchev–Trinajstić information content (AvgIpc) is 2.94. The van der Waals surface area contributed by atoms with Crippen molar-refractivity contribution in [2.45, 2.75) is 59.1 Å². The standard InChI is InChI=1S/C29H39FN6O3/c1-6-18(4)28(32)34-25-15-24(35-29(27(25)17(2)3)36-39-13-12-20(37)16-31)21-11-10-19(30)14-22(21)23-8-7-9-26(33-23)38-5/h7-11,14,20,24,37H,6,12-13,15-16,31-32H2,1-5H3,(H,35,36)/b28-18+,34-25-. The number of hydrogen-bond acceptors (Lipinski definition) is 9. The number of hydrogen-bond donors (Lipinski definition) is 4. The summed E-state index contributed by atoms with van der Waals surface area (Å²) in [5, 5.41) is 9.79. The Labute approximate surface area is 229 Å². The molecule has 0 amide bonds. The summed E-state index contributed by atoms with van der Waals surface area (Å²) in [5.41, 5.74) is 20.2. The number of aliphatic hydroxyl groups excluding tert-OH is 1. The van der Waals surface area contributed by atoms with Crippen LogP contribution in [0.5, 0.6) is 5.88 Å². The quantitative estimate of drug-likeness (QED) is 0.260. The van der Waals surface area contributed by atoms with Gasteiger partial charge in [-0.25, -0.2) is 19.8 Å². The number of aliphatic imine (C=N–C) groups is 2. The maximum absolute atomic E-state index is 14.5. The number of aliphatic hydroxyl groups is 1. The van der Waals surface area contributed by atoms with Crippen LogP contribution in [-0.4, -0.2) is 48.0 Å². The predicted octanol–water partition coefficient (Wildman–Crippen LogP) is 4.35. The van der Waals surface area contributed by atoms with E-state index in [-0.39, 0.29) is 19.0 Å². The van der Waals surface area contributed by atoms with Crippen molar-refractivity contribution in [1.29, 1.82) is 0 Å². The third kappa shape index (κ3) is 7.72. The molecule has 0 aliphatic carbocycles. The van der Waals surface area contributed by atoms with Crippen LogP contribution in [-0.2, 0) is 4.84 Å². The van der Waals surface area contributed by atoms with Gasteiger partial charge in [-0.3, -0.25) is 9.83 Å². The molecule has 210 valence electrons. The normalized spacial score (nSPS) is 17.9. The Morgan fingerprint density at radius 2 is 2.03 bits per heavy atom. The van der Waals surface area contributed by atoms with Gasteiger partial charge in [-0.15, -0.1) is 0 Å². The van der Waals surface area contributed by atoms with Crippen molar-refractivity contribution < 1.29 is 19.1 Å². The Morgan fingerprint density at radius 1 is 1.26 bits per heavy atom. The topological polar surface area (TPSA) is 140 Å². The zero-order valence-corrected chi connectivity index (χ0v) is 23.3. The van der Waals surface area contributed by atoms with E-state index < -0.39 is 12.1 Å². The third-order valence-corrected chi connectivity index (χ3v) is 6.50. The van der Waals surface area contributed by atoms with Crippen LogP contribution >= 0.6 is 0 Å². The molecule has 1 aromatic heterocycles. The molecule has 0 saturated heterocycles. The van der Waals surface area contributed by atoms with Gasteiger partial charge in [0.05, 0.1) is 37.3 Å². The van der Waals surface area contributed by atoms with Gasteiger partial charge in [0.15, 0.2) is 5.84 Å². The van der Waals surface area contributed by atoms with Gasteiger partial charge in [0, 0.05) is 36.6 Å². The number of methoxy groups -OCH3 is 1. The molecule has 0 bridgehead atoms. The van der Waals surface area contributed by atoms with Gasteiger partial charge in [-0.1, -0.05) is 24.6 Å². The number of ether oxygens (including phenoxy) is 1. The molecule has 1 aliphatic rings.